The average molecular weight is 424 g/mol. The van der Waals surface area contributed by atoms with Crippen molar-refractivity contribution in [3.05, 3.63) is 87.5 Å². The van der Waals surface area contributed by atoms with Crippen LogP contribution in [0.1, 0.15) is 38.9 Å². The van der Waals surface area contributed by atoms with Gasteiger partial charge in [0.2, 0.25) is 0 Å². The molecule has 158 valence electrons. The highest BCUT2D eigenvalue weighted by Crippen LogP contribution is 2.52. The molecule has 0 atom stereocenters. The van der Waals surface area contributed by atoms with E-state index in [-0.39, 0.29) is 0 Å². The van der Waals surface area contributed by atoms with Crippen LogP contribution in [0.5, 0.6) is 17.2 Å². The van der Waals surface area contributed by atoms with Crippen LogP contribution in [0.3, 0.4) is 0 Å². The minimum atomic E-state index is -4.05. The van der Waals surface area contributed by atoms with Gasteiger partial charge in [-0.3, -0.25) is 0 Å². The molecule has 0 unspecified atom stereocenters. The zero-order valence-corrected chi connectivity index (χ0v) is 19.6. The van der Waals surface area contributed by atoms with Crippen molar-refractivity contribution >= 4 is 7.82 Å². The third-order valence-corrected chi connectivity index (χ3v) is 6.16. The fraction of sp³-hybridized carbons (Fsp3) is 0.280. The van der Waals surface area contributed by atoms with E-state index in [2.05, 4.69) is 0 Å². The molecule has 3 aromatic rings. The van der Waals surface area contributed by atoms with Crippen LogP contribution in [-0.4, -0.2) is 0 Å². The van der Waals surface area contributed by atoms with Crippen LogP contribution >= 0.6 is 7.82 Å². The van der Waals surface area contributed by atoms with Gasteiger partial charge in [0.15, 0.2) is 0 Å². The van der Waals surface area contributed by atoms with Crippen LogP contribution in [0.25, 0.3) is 0 Å². The largest absolute Gasteiger partial charge is 0.647 e. The lowest BCUT2D eigenvalue weighted by Crippen LogP contribution is -2.10. The minimum Gasteiger partial charge on any atom is -0.386 e. The summed E-state index contributed by atoms with van der Waals surface area (Å²) in [6.45, 7) is 13.6. The second-order valence-electron chi connectivity index (χ2n) is 7.99. The second-order valence-corrected chi connectivity index (χ2v) is 9.43. The number of phosphoric ester groups is 1. The molecule has 0 spiro atoms. The Bertz CT molecular complexity index is 1050. The molecule has 0 N–H and O–H groups in total. The highest BCUT2D eigenvalue weighted by atomic mass is 31.2. The van der Waals surface area contributed by atoms with Crippen molar-refractivity contribution in [3.63, 3.8) is 0 Å². The van der Waals surface area contributed by atoms with Gasteiger partial charge in [-0.2, -0.15) is 4.57 Å². The molecule has 0 aliphatic heterocycles. The molecule has 0 radical (unpaired) electrons. The van der Waals surface area contributed by atoms with E-state index >= 15 is 0 Å². The Labute approximate surface area is 179 Å². The first-order valence-corrected chi connectivity index (χ1v) is 11.4. The van der Waals surface area contributed by atoms with Gasteiger partial charge in [0.05, 0.1) is 0 Å². The lowest BCUT2D eigenvalue weighted by atomic mass is 10.1. The van der Waals surface area contributed by atoms with E-state index in [1.165, 1.54) is 0 Å². The number of phosphoric acid groups is 1. The van der Waals surface area contributed by atoms with Crippen LogP contribution in [-0.2, 0) is 4.57 Å². The van der Waals surface area contributed by atoms with Gasteiger partial charge in [-0.05, 0) is 94.0 Å². The number of hydrogen-bond acceptors (Lipinski definition) is 4. The third kappa shape index (κ3) is 5.06. The molecule has 0 saturated heterocycles. The van der Waals surface area contributed by atoms with Crippen molar-refractivity contribution in [2.24, 2.45) is 0 Å². The van der Waals surface area contributed by atoms with Gasteiger partial charge in [0, 0.05) is 0 Å². The van der Waals surface area contributed by atoms with Crippen molar-refractivity contribution in [1.29, 1.82) is 0 Å². The predicted octanol–water partition coefficient (Wildman–Crippen LogP) is 7.49. The Morgan fingerprint density at radius 3 is 1.40 bits per heavy atom. The van der Waals surface area contributed by atoms with Crippen molar-refractivity contribution in [1.82, 2.24) is 0 Å². The van der Waals surface area contributed by atoms with E-state index in [4.69, 9.17) is 13.6 Å². The first kappa shape index (κ1) is 22.0. The molecule has 0 saturated carbocycles. The second kappa shape index (κ2) is 8.57. The zero-order chi connectivity index (χ0) is 22.1. The highest BCUT2D eigenvalue weighted by molar-refractivity contribution is 7.49. The van der Waals surface area contributed by atoms with Gasteiger partial charge in [-0.25, -0.2) is 0 Å². The molecule has 0 fully saturated rings. The summed E-state index contributed by atoms with van der Waals surface area (Å²) < 4.78 is 31.9. The summed E-state index contributed by atoms with van der Waals surface area (Å²) in [5.41, 5.74) is 6.56. The Kier molecular flexibility index (Phi) is 6.28. The summed E-state index contributed by atoms with van der Waals surface area (Å²) in [6, 6.07) is 15.5. The summed E-state index contributed by atoms with van der Waals surface area (Å²) in [7, 11) is -4.05. The lowest BCUT2D eigenvalue weighted by Gasteiger charge is -2.23. The Balaban J connectivity index is 2.07. The van der Waals surface area contributed by atoms with Crippen LogP contribution in [0.4, 0.5) is 0 Å². The summed E-state index contributed by atoms with van der Waals surface area (Å²) in [5, 5.41) is 0. The molecule has 0 aromatic heterocycles. The molecule has 5 heteroatoms. The van der Waals surface area contributed by atoms with Crippen molar-refractivity contribution in [2.45, 2.75) is 48.5 Å². The highest BCUT2D eigenvalue weighted by Gasteiger charge is 2.35. The number of benzene rings is 3. The predicted molar refractivity (Wildman–Crippen MR) is 122 cm³/mol. The average Bonchev–Trinajstić information content (AvgIpc) is 2.64. The monoisotopic (exact) mass is 424 g/mol. The summed E-state index contributed by atoms with van der Waals surface area (Å²) in [5.74, 6) is 1.47. The van der Waals surface area contributed by atoms with E-state index in [0.29, 0.717) is 17.2 Å². The van der Waals surface area contributed by atoms with Crippen LogP contribution < -0.4 is 13.6 Å². The molecule has 4 nitrogen and oxygen atoms in total. The molecule has 3 rings (SSSR count). The van der Waals surface area contributed by atoms with Crippen LogP contribution in [0, 0.1) is 48.5 Å². The minimum absolute atomic E-state index is 0.478. The van der Waals surface area contributed by atoms with Crippen LogP contribution in [0.2, 0.25) is 0 Å². The summed E-state index contributed by atoms with van der Waals surface area (Å²) >= 11 is 0. The van der Waals surface area contributed by atoms with E-state index in [1.807, 2.05) is 97.0 Å². The number of hydrogen-bond donors (Lipinski definition) is 0. The van der Waals surface area contributed by atoms with Gasteiger partial charge in [0.25, 0.3) is 0 Å². The quantitative estimate of drug-likeness (QED) is 0.385. The maximum atomic E-state index is 14.0. The number of aryl methyl sites for hydroxylation is 7. The molecular weight excluding hydrogens is 395 g/mol. The Morgan fingerprint density at radius 2 is 0.967 bits per heavy atom. The van der Waals surface area contributed by atoms with E-state index in [1.54, 1.807) is 0 Å². The van der Waals surface area contributed by atoms with Gasteiger partial charge in [-0.15, -0.1) is 0 Å². The Morgan fingerprint density at radius 1 is 0.533 bits per heavy atom. The first-order valence-electron chi connectivity index (χ1n) is 9.97. The van der Waals surface area contributed by atoms with Crippen molar-refractivity contribution in [2.75, 3.05) is 0 Å². The van der Waals surface area contributed by atoms with Crippen LogP contribution in [0.15, 0.2) is 48.5 Å². The summed E-state index contributed by atoms with van der Waals surface area (Å²) in [4.78, 5) is 0. The fourth-order valence-corrected chi connectivity index (χ4v) is 4.83. The summed E-state index contributed by atoms with van der Waals surface area (Å²) in [6.07, 6.45) is 0. The van der Waals surface area contributed by atoms with Gasteiger partial charge in [-0.1, -0.05) is 42.0 Å². The van der Waals surface area contributed by atoms with Gasteiger partial charge in [0.1, 0.15) is 17.2 Å². The molecule has 30 heavy (non-hydrogen) atoms. The molecule has 0 aliphatic carbocycles. The normalized spacial score (nSPS) is 11.3. The third-order valence-electron chi connectivity index (χ3n) is 4.92. The van der Waals surface area contributed by atoms with Gasteiger partial charge < -0.3 is 13.6 Å². The first-order chi connectivity index (χ1) is 14.1. The standard InChI is InChI=1S/C25H29O4P/c1-16-8-10-19(4)23(14-16)27-30(26,28-24-15-17(2)9-11-20(24)5)29-25-21(6)12-18(3)13-22(25)7/h8-15H,1-7H3. The van der Waals surface area contributed by atoms with Gasteiger partial charge >= 0.3 is 7.82 Å². The zero-order valence-electron chi connectivity index (χ0n) is 18.7. The molecule has 0 bridgehead atoms. The number of rotatable bonds is 6. The van der Waals surface area contributed by atoms with E-state index in [9.17, 15) is 4.57 Å². The van der Waals surface area contributed by atoms with E-state index < -0.39 is 7.82 Å². The van der Waals surface area contributed by atoms with Crippen molar-refractivity contribution in [3.8, 4) is 17.2 Å². The molecule has 0 aliphatic rings. The Hall–Kier alpha value is -2.71. The smallest absolute Gasteiger partial charge is 0.386 e. The maximum absolute atomic E-state index is 14.0. The topological polar surface area (TPSA) is 44.8 Å². The SMILES string of the molecule is Cc1cc(C)c(OP(=O)(Oc2cc(C)ccc2C)Oc2cc(C)ccc2C)c(C)c1. The maximum Gasteiger partial charge on any atom is 0.647 e. The molecular formula is C25H29O4P. The molecule has 0 heterocycles. The molecule has 0 amide bonds. The lowest BCUT2D eigenvalue weighted by molar-refractivity contribution is 0.295. The fourth-order valence-electron chi connectivity index (χ4n) is 3.33. The van der Waals surface area contributed by atoms with E-state index in [0.717, 1.165) is 38.9 Å². The van der Waals surface area contributed by atoms with Crippen molar-refractivity contribution < 1.29 is 18.1 Å². The molecule has 3 aromatic carbocycles.